The second kappa shape index (κ2) is 8.39. The van der Waals surface area contributed by atoms with E-state index in [-0.39, 0.29) is 23.1 Å². The van der Waals surface area contributed by atoms with Gasteiger partial charge in [0.05, 0.1) is 5.56 Å². The van der Waals surface area contributed by atoms with E-state index in [2.05, 4.69) is 15.4 Å². The number of aromatic nitrogens is 1. The third-order valence-corrected chi connectivity index (χ3v) is 4.92. The second-order valence-electron chi connectivity index (χ2n) is 6.92. The van der Waals surface area contributed by atoms with Gasteiger partial charge in [-0.2, -0.15) is 0 Å². The zero-order valence-electron chi connectivity index (χ0n) is 16.0. The smallest absolute Gasteiger partial charge is 0.273 e. The van der Waals surface area contributed by atoms with Crippen LogP contribution >= 0.6 is 0 Å². The maximum Gasteiger partial charge on any atom is 0.273 e. The Bertz CT molecular complexity index is 874. The number of anilines is 1. The molecule has 8 nitrogen and oxygen atoms in total. The lowest BCUT2D eigenvalue weighted by Crippen LogP contribution is -2.50. The molecular weight excluding hydrogens is 365 g/mol. The summed E-state index contributed by atoms with van der Waals surface area (Å²) in [5.41, 5.74) is 7.73. The zero-order valence-corrected chi connectivity index (χ0v) is 16.0. The SMILES string of the molecule is Cc1cc(C(=O)N2CCN(CCNC(=O)c3nocc3C)CC2)c(F)cc1N. The summed E-state index contributed by atoms with van der Waals surface area (Å²) in [6.45, 7) is 6.92. The summed E-state index contributed by atoms with van der Waals surface area (Å²) in [7, 11) is 0. The average Bonchev–Trinajstić information content (AvgIpc) is 3.10. The monoisotopic (exact) mass is 389 g/mol. The Hall–Kier alpha value is -2.94. The number of benzene rings is 1. The van der Waals surface area contributed by atoms with Gasteiger partial charge in [-0.3, -0.25) is 14.5 Å². The fourth-order valence-electron chi connectivity index (χ4n) is 3.12. The zero-order chi connectivity index (χ0) is 20.3. The van der Waals surface area contributed by atoms with Gasteiger partial charge in [0, 0.05) is 50.5 Å². The van der Waals surface area contributed by atoms with Crippen molar-refractivity contribution in [3.63, 3.8) is 0 Å². The van der Waals surface area contributed by atoms with Crippen molar-refractivity contribution >= 4 is 17.5 Å². The first kappa shape index (κ1) is 19.8. The molecule has 3 rings (SSSR count). The predicted octanol–water partition coefficient (Wildman–Crippen LogP) is 1.20. The second-order valence-corrected chi connectivity index (χ2v) is 6.92. The molecule has 0 bridgehead atoms. The Morgan fingerprint density at radius 3 is 2.57 bits per heavy atom. The van der Waals surface area contributed by atoms with Gasteiger partial charge in [0.2, 0.25) is 0 Å². The number of nitrogen functional groups attached to an aromatic ring is 1. The van der Waals surface area contributed by atoms with Crippen LogP contribution in [0.4, 0.5) is 10.1 Å². The summed E-state index contributed by atoms with van der Waals surface area (Å²) >= 11 is 0. The molecular formula is C19H24FN5O3. The van der Waals surface area contributed by atoms with Crippen molar-refractivity contribution in [2.24, 2.45) is 0 Å². The fourth-order valence-corrected chi connectivity index (χ4v) is 3.12. The van der Waals surface area contributed by atoms with Crippen molar-refractivity contribution < 1.29 is 18.5 Å². The van der Waals surface area contributed by atoms with Gasteiger partial charge >= 0.3 is 0 Å². The molecule has 150 valence electrons. The minimum Gasteiger partial charge on any atom is -0.398 e. The third-order valence-electron chi connectivity index (χ3n) is 4.92. The Labute approximate surface area is 162 Å². The van der Waals surface area contributed by atoms with E-state index < -0.39 is 5.82 Å². The minimum atomic E-state index is -0.596. The van der Waals surface area contributed by atoms with E-state index in [0.29, 0.717) is 56.1 Å². The van der Waals surface area contributed by atoms with Crippen LogP contribution in [0.15, 0.2) is 22.9 Å². The van der Waals surface area contributed by atoms with Crippen LogP contribution in [0.25, 0.3) is 0 Å². The van der Waals surface area contributed by atoms with Crippen LogP contribution in [0.2, 0.25) is 0 Å². The summed E-state index contributed by atoms with van der Waals surface area (Å²) in [5.74, 6) is -1.19. The Balaban J connectivity index is 1.47. The number of halogens is 1. The Morgan fingerprint density at radius 2 is 1.93 bits per heavy atom. The van der Waals surface area contributed by atoms with E-state index in [0.717, 1.165) is 0 Å². The normalized spacial score (nSPS) is 14.9. The summed E-state index contributed by atoms with van der Waals surface area (Å²) in [4.78, 5) is 28.4. The predicted molar refractivity (Wildman–Crippen MR) is 101 cm³/mol. The molecule has 0 spiro atoms. The molecule has 9 heteroatoms. The number of carbonyl (C=O) groups excluding carboxylic acids is 2. The molecule has 2 amide bonds. The topological polar surface area (TPSA) is 105 Å². The highest BCUT2D eigenvalue weighted by Gasteiger charge is 2.24. The molecule has 1 aromatic carbocycles. The van der Waals surface area contributed by atoms with Crippen LogP contribution < -0.4 is 11.1 Å². The molecule has 0 unspecified atom stereocenters. The molecule has 0 radical (unpaired) electrons. The van der Waals surface area contributed by atoms with Crippen LogP contribution in [0.1, 0.15) is 32.0 Å². The molecule has 2 aromatic rings. The minimum absolute atomic E-state index is 0.0513. The van der Waals surface area contributed by atoms with E-state index >= 15 is 0 Å². The summed E-state index contributed by atoms with van der Waals surface area (Å²) in [6, 6.07) is 2.69. The van der Waals surface area contributed by atoms with E-state index in [1.54, 1.807) is 18.7 Å². The molecule has 1 aliphatic heterocycles. The van der Waals surface area contributed by atoms with Gasteiger partial charge in [0.25, 0.3) is 11.8 Å². The Kier molecular flexibility index (Phi) is 5.93. The average molecular weight is 389 g/mol. The maximum absolute atomic E-state index is 14.1. The number of carbonyl (C=O) groups is 2. The fraction of sp³-hybridized carbons (Fsp3) is 0.421. The summed E-state index contributed by atoms with van der Waals surface area (Å²) in [6.07, 6.45) is 1.43. The number of hydrogen-bond donors (Lipinski definition) is 2. The quantitative estimate of drug-likeness (QED) is 0.745. The van der Waals surface area contributed by atoms with Crippen LogP contribution in [-0.4, -0.2) is 66.0 Å². The van der Waals surface area contributed by atoms with E-state index in [9.17, 15) is 14.0 Å². The van der Waals surface area contributed by atoms with Gasteiger partial charge in [-0.05, 0) is 31.5 Å². The van der Waals surface area contributed by atoms with Crippen molar-refractivity contribution in [2.75, 3.05) is 45.0 Å². The third kappa shape index (κ3) is 4.30. The molecule has 1 aliphatic rings. The van der Waals surface area contributed by atoms with Crippen molar-refractivity contribution in [3.05, 3.63) is 46.6 Å². The van der Waals surface area contributed by atoms with Gasteiger partial charge in [0.1, 0.15) is 12.1 Å². The number of hydrogen-bond acceptors (Lipinski definition) is 6. The Morgan fingerprint density at radius 1 is 1.21 bits per heavy atom. The lowest BCUT2D eigenvalue weighted by Gasteiger charge is -2.34. The number of piperazine rings is 1. The summed E-state index contributed by atoms with van der Waals surface area (Å²) in [5, 5.41) is 6.48. The molecule has 1 saturated heterocycles. The first-order valence-corrected chi connectivity index (χ1v) is 9.13. The molecule has 3 N–H and O–H groups in total. The maximum atomic E-state index is 14.1. The number of aryl methyl sites for hydroxylation is 2. The molecule has 0 atom stereocenters. The van der Waals surface area contributed by atoms with Gasteiger partial charge in [-0.25, -0.2) is 4.39 Å². The van der Waals surface area contributed by atoms with Crippen molar-refractivity contribution in [3.8, 4) is 0 Å². The highest BCUT2D eigenvalue weighted by atomic mass is 19.1. The first-order valence-electron chi connectivity index (χ1n) is 9.13. The molecule has 1 fully saturated rings. The van der Waals surface area contributed by atoms with Gasteiger partial charge in [-0.1, -0.05) is 5.16 Å². The number of nitrogens with one attached hydrogen (secondary N) is 1. The molecule has 0 aliphatic carbocycles. The van der Waals surface area contributed by atoms with Crippen LogP contribution in [0.5, 0.6) is 0 Å². The summed E-state index contributed by atoms with van der Waals surface area (Å²) < 4.78 is 18.9. The molecule has 1 aromatic heterocycles. The van der Waals surface area contributed by atoms with Crippen molar-refractivity contribution in [1.29, 1.82) is 0 Å². The van der Waals surface area contributed by atoms with E-state index in [1.165, 1.54) is 18.4 Å². The van der Waals surface area contributed by atoms with Gasteiger partial charge in [0.15, 0.2) is 5.69 Å². The molecule has 0 saturated carbocycles. The lowest BCUT2D eigenvalue weighted by atomic mass is 10.1. The van der Waals surface area contributed by atoms with E-state index in [4.69, 9.17) is 10.3 Å². The number of nitrogens with two attached hydrogens (primary N) is 1. The highest BCUT2D eigenvalue weighted by Crippen LogP contribution is 2.19. The highest BCUT2D eigenvalue weighted by molar-refractivity contribution is 5.95. The van der Waals surface area contributed by atoms with Crippen LogP contribution in [0.3, 0.4) is 0 Å². The number of amides is 2. The van der Waals surface area contributed by atoms with Crippen molar-refractivity contribution in [1.82, 2.24) is 20.3 Å². The van der Waals surface area contributed by atoms with Gasteiger partial charge < -0.3 is 20.5 Å². The van der Waals surface area contributed by atoms with Crippen LogP contribution in [-0.2, 0) is 0 Å². The van der Waals surface area contributed by atoms with Crippen LogP contribution in [0, 0.1) is 19.7 Å². The standard InChI is InChI=1S/C19H24FN5O3/c1-12-9-14(15(20)10-16(12)21)19(27)25-7-5-24(6-8-25)4-3-22-18(26)17-13(2)11-28-23-17/h9-11H,3-8,21H2,1-2H3,(H,22,26). The number of nitrogens with zero attached hydrogens (tertiary/aromatic N) is 3. The van der Waals surface area contributed by atoms with Gasteiger partial charge in [-0.15, -0.1) is 0 Å². The largest absolute Gasteiger partial charge is 0.398 e. The molecule has 2 heterocycles. The first-order chi connectivity index (χ1) is 13.4. The lowest BCUT2D eigenvalue weighted by molar-refractivity contribution is 0.0633. The van der Waals surface area contributed by atoms with Crippen molar-refractivity contribution in [2.45, 2.75) is 13.8 Å². The van der Waals surface area contributed by atoms with E-state index in [1.807, 2.05) is 0 Å². The molecule has 28 heavy (non-hydrogen) atoms. The number of rotatable bonds is 5.